The lowest BCUT2D eigenvalue weighted by atomic mass is 10.1. The van der Waals surface area contributed by atoms with Gasteiger partial charge in [0.15, 0.2) is 0 Å². The van der Waals surface area contributed by atoms with Crippen molar-refractivity contribution in [2.75, 3.05) is 6.61 Å². The molecule has 1 unspecified atom stereocenters. The Hall–Kier alpha value is -1.43. The van der Waals surface area contributed by atoms with Crippen LogP contribution in [0.5, 0.6) is 0 Å². The molecule has 0 rings (SSSR count). The van der Waals surface area contributed by atoms with Gasteiger partial charge in [-0.15, -0.1) is 0 Å². The molecule has 164 valence electrons. The summed E-state index contributed by atoms with van der Waals surface area (Å²) in [6.45, 7) is 4.62. The number of carbonyl (C=O) groups excluding carboxylic acids is 3. The van der Waals surface area contributed by atoms with Crippen molar-refractivity contribution in [3.8, 4) is 0 Å². The molecule has 0 fully saturated rings. The molecule has 0 saturated heterocycles. The molecule has 0 amide bonds. The smallest absolute Gasteiger partial charge is 0.322 e. The minimum absolute atomic E-state index is 0.0608. The van der Waals surface area contributed by atoms with E-state index in [-0.39, 0.29) is 19.3 Å². The summed E-state index contributed by atoms with van der Waals surface area (Å²) in [5.41, 5.74) is 5.71. The molecule has 0 aromatic heterocycles. The Labute approximate surface area is 170 Å². The van der Waals surface area contributed by atoms with Crippen LogP contribution in [0.3, 0.4) is 0 Å². The van der Waals surface area contributed by atoms with Gasteiger partial charge >= 0.3 is 17.9 Å². The molecule has 0 spiro atoms. The number of hydrogen-bond donors (Lipinski definition) is 1. The predicted octanol–water partition coefficient (Wildman–Crippen LogP) is 4.82. The highest BCUT2D eigenvalue weighted by molar-refractivity contribution is 5.85. The molecule has 0 heterocycles. The lowest BCUT2D eigenvalue weighted by Gasteiger charge is -2.11. The van der Waals surface area contributed by atoms with Crippen molar-refractivity contribution >= 4 is 17.9 Å². The second-order valence-electron chi connectivity index (χ2n) is 7.44. The molecule has 6 nitrogen and oxygen atoms in total. The Morgan fingerprint density at radius 1 is 0.714 bits per heavy atom. The molecular formula is C22H41NO5. The number of esters is 3. The minimum Gasteiger partial charge on any atom is -0.465 e. The predicted molar refractivity (Wildman–Crippen MR) is 111 cm³/mol. The number of unbranched alkanes of at least 4 members (excludes halogenated alkanes) is 10. The maximum atomic E-state index is 11.7. The first-order valence-electron chi connectivity index (χ1n) is 11.2. The van der Waals surface area contributed by atoms with Crippen LogP contribution in [0.4, 0.5) is 0 Å². The Balaban J connectivity index is 3.64. The second kappa shape index (κ2) is 18.9. The van der Waals surface area contributed by atoms with Crippen LogP contribution in [0.15, 0.2) is 0 Å². The fourth-order valence-electron chi connectivity index (χ4n) is 2.83. The van der Waals surface area contributed by atoms with Crippen LogP contribution < -0.4 is 5.73 Å². The van der Waals surface area contributed by atoms with E-state index >= 15 is 0 Å². The van der Waals surface area contributed by atoms with Gasteiger partial charge in [-0.1, -0.05) is 78.1 Å². The molecule has 0 bridgehead atoms. The zero-order valence-corrected chi connectivity index (χ0v) is 18.0. The summed E-state index contributed by atoms with van der Waals surface area (Å²) in [7, 11) is 0. The average molecular weight is 400 g/mol. The molecule has 6 heteroatoms. The molecular weight excluding hydrogens is 358 g/mol. The Morgan fingerprint density at radius 2 is 1.21 bits per heavy atom. The van der Waals surface area contributed by atoms with Crippen molar-refractivity contribution < 1.29 is 23.9 Å². The molecule has 0 radical (unpaired) electrons. The SMILES string of the molecule is CCCCCCCCCCCC(=O)OC(=O)CCC(N)C(=O)OCCCCC. The van der Waals surface area contributed by atoms with Crippen LogP contribution in [0, 0.1) is 0 Å². The van der Waals surface area contributed by atoms with Crippen molar-refractivity contribution in [3.05, 3.63) is 0 Å². The monoisotopic (exact) mass is 399 g/mol. The van der Waals surface area contributed by atoms with E-state index in [0.29, 0.717) is 6.61 Å². The molecule has 0 aliphatic carbocycles. The largest absolute Gasteiger partial charge is 0.465 e. The van der Waals surface area contributed by atoms with E-state index in [2.05, 4.69) is 13.8 Å². The van der Waals surface area contributed by atoms with Gasteiger partial charge in [0.1, 0.15) is 6.04 Å². The normalized spacial score (nSPS) is 11.8. The van der Waals surface area contributed by atoms with E-state index in [1.165, 1.54) is 38.5 Å². The fraction of sp³-hybridized carbons (Fsp3) is 0.864. The van der Waals surface area contributed by atoms with Crippen molar-refractivity contribution in [1.82, 2.24) is 0 Å². The summed E-state index contributed by atoms with van der Waals surface area (Å²) in [5, 5.41) is 0. The first kappa shape index (κ1) is 26.6. The van der Waals surface area contributed by atoms with Crippen LogP contribution in [0.2, 0.25) is 0 Å². The van der Waals surface area contributed by atoms with E-state index in [1.54, 1.807) is 0 Å². The number of ether oxygens (including phenoxy) is 2. The van der Waals surface area contributed by atoms with Crippen molar-refractivity contribution in [2.45, 2.75) is 116 Å². The van der Waals surface area contributed by atoms with Crippen LogP contribution in [-0.2, 0) is 23.9 Å². The van der Waals surface area contributed by atoms with Crippen LogP contribution >= 0.6 is 0 Å². The van der Waals surface area contributed by atoms with Gasteiger partial charge in [-0.05, 0) is 19.3 Å². The van der Waals surface area contributed by atoms with Gasteiger partial charge < -0.3 is 15.2 Å². The molecule has 0 aliphatic heterocycles. The third kappa shape index (κ3) is 16.7. The topological polar surface area (TPSA) is 95.7 Å². The Kier molecular flexibility index (Phi) is 17.9. The van der Waals surface area contributed by atoms with Crippen LogP contribution in [0.25, 0.3) is 0 Å². The maximum absolute atomic E-state index is 11.7. The van der Waals surface area contributed by atoms with Gasteiger partial charge in [-0.25, -0.2) is 0 Å². The van der Waals surface area contributed by atoms with E-state index < -0.39 is 23.9 Å². The van der Waals surface area contributed by atoms with Crippen molar-refractivity contribution in [3.63, 3.8) is 0 Å². The number of hydrogen-bond acceptors (Lipinski definition) is 6. The van der Waals surface area contributed by atoms with Gasteiger partial charge in [0.05, 0.1) is 6.61 Å². The zero-order chi connectivity index (χ0) is 21.0. The summed E-state index contributed by atoms with van der Waals surface area (Å²) in [5.74, 6) is -1.64. The van der Waals surface area contributed by atoms with Crippen LogP contribution in [0.1, 0.15) is 110 Å². The summed E-state index contributed by atoms with van der Waals surface area (Å²) in [6.07, 6.45) is 13.6. The highest BCUT2D eigenvalue weighted by Crippen LogP contribution is 2.11. The summed E-state index contributed by atoms with van der Waals surface area (Å²) >= 11 is 0. The molecule has 0 aliphatic rings. The van der Waals surface area contributed by atoms with E-state index in [4.69, 9.17) is 15.2 Å². The maximum Gasteiger partial charge on any atom is 0.322 e. The van der Waals surface area contributed by atoms with Gasteiger partial charge in [-0.2, -0.15) is 0 Å². The third-order valence-electron chi connectivity index (χ3n) is 4.67. The molecule has 0 saturated carbocycles. The van der Waals surface area contributed by atoms with Crippen LogP contribution in [-0.4, -0.2) is 30.6 Å². The van der Waals surface area contributed by atoms with Gasteiger partial charge in [-0.3, -0.25) is 14.4 Å². The zero-order valence-electron chi connectivity index (χ0n) is 18.0. The highest BCUT2D eigenvalue weighted by Gasteiger charge is 2.18. The summed E-state index contributed by atoms with van der Waals surface area (Å²) in [4.78, 5) is 35.0. The van der Waals surface area contributed by atoms with Gasteiger partial charge in [0, 0.05) is 12.8 Å². The number of nitrogens with two attached hydrogens (primary N) is 1. The van der Waals surface area contributed by atoms with E-state index in [9.17, 15) is 14.4 Å². The second-order valence-corrected chi connectivity index (χ2v) is 7.44. The standard InChI is InChI=1S/C22H41NO5/c1-3-5-7-8-9-10-11-12-13-15-20(24)28-21(25)17-16-19(23)22(26)27-18-14-6-4-2/h19H,3-18,23H2,1-2H3. The quantitative estimate of drug-likeness (QED) is 0.202. The highest BCUT2D eigenvalue weighted by atomic mass is 16.6. The first-order valence-corrected chi connectivity index (χ1v) is 11.2. The Morgan fingerprint density at radius 3 is 1.82 bits per heavy atom. The Bertz CT molecular complexity index is 425. The molecule has 28 heavy (non-hydrogen) atoms. The summed E-state index contributed by atoms with van der Waals surface area (Å²) < 4.78 is 9.83. The van der Waals surface area contributed by atoms with E-state index in [1.807, 2.05) is 0 Å². The third-order valence-corrected chi connectivity index (χ3v) is 4.67. The van der Waals surface area contributed by atoms with Gasteiger partial charge in [0.25, 0.3) is 0 Å². The first-order chi connectivity index (χ1) is 13.5. The minimum atomic E-state index is -0.860. The summed E-state index contributed by atoms with van der Waals surface area (Å²) in [6, 6.07) is -0.860. The van der Waals surface area contributed by atoms with Crippen molar-refractivity contribution in [1.29, 1.82) is 0 Å². The average Bonchev–Trinajstić information content (AvgIpc) is 2.67. The lowest BCUT2D eigenvalue weighted by molar-refractivity contribution is -0.159. The lowest BCUT2D eigenvalue weighted by Crippen LogP contribution is -2.33. The number of carbonyl (C=O) groups is 3. The molecule has 1 atom stereocenters. The molecule has 2 N–H and O–H groups in total. The number of rotatable bonds is 18. The molecule has 0 aromatic rings. The van der Waals surface area contributed by atoms with E-state index in [0.717, 1.165) is 38.5 Å². The molecule has 0 aromatic carbocycles. The fourth-order valence-corrected chi connectivity index (χ4v) is 2.83. The van der Waals surface area contributed by atoms with Gasteiger partial charge in [0.2, 0.25) is 0 Å². The van der Waals surface area contributed by atoms with Crippen molar-refractivity contribution in [2.24, 2.45) is 5.73 Å².